The Bertz CT molecular complexity index is 1070. The minimum atomic E-state index is 0.0704. The molecule has 0 bridgehead atoms. The maximum atomic E-state index is 13.0. The van der Waals surface area contributed by atoms with E-state index in [1.807, 2.05) is 27.8 Å². The largest absolute Gasteiger partial charge is 0.441 e. The lowest BCUT2D eigenvalue weighted by molar-refractivity contribution is -0.132. The summed E-state index contributed by atoms with van der Waals surface area (Å²) < 4.78 is 5.83. The van der Waals surface area contributed by atoms with Gasteiger partial charge in [0.15, 0.2) is 11.7 Å². The van der Waals surface area contributed by atoms with Crippen LogP contribution in [0.3, 0.4) is 0 Å². The van der Waals surface area contributed by atoms with E-state index in [1.54, 1.807) is 47.1 Å². The molecule has 0 aliphatic heterocycles. The summed E-state index contributed by atoms with van der Waals surface area (Å²) in [6.07, 6.45) is 2.38. The SMILES string of the molecule is O=C(CCc1ncc(-c2ccc(Cl)cc2Cl)o1)N(Cc1cccs1)Cc1cccs1. The average Bonchev–Trinajstić information content (AvgIpc) is 3.49. The molecule has 3 heterocycles. The van der Waals surface area contributed by atoms with Crippen LogP contribution in [-0.2, 0) is 24.3 Å². The van der Waals surface area contributed by atoms with Crippen LogP contribution in [0.4, 0.5) is 0 Å². The summed E-state index contributed by atoms with van der Waals surface area (Å²) in [6.45, 7) is 1.21. The number of rotatable bonds is 8. The van der Waals surface area contributed by atoms with Crippen molar-refractivity contribution in [3.05, 3.63) is 85.1 Å². The van der Waals surface area contributed by atoms with E-state index in [0.717, 1.165) is 15.3 Å². The Labute approximate surface area is 192 Å². The summed E-state index contributed by atoms with van der Waals surface area (Å²) in [5, 5.41) is 5.11. The number of halogens is 2. The number of carbonyl (C=O) groups is 1. The molecule has 0 spiro atoms. The van der Waals surface area contributed by atoms with Gasteiger partial charge in [0, 0.05) is 33.2 Å². The zero-order valence-corrected chi connectivity index (χ0v) is 19.0. The van der Waals surface area contributed by atoms with Gasteiger partial charge in [-0.1, -0.05) is 35.3 Å². The van der Waals surface area contributed by atoms with Crippen LogP contribution in [0, 0.1) is 0 Å². The van der Waals surface area contributed by atoms with Gasteiger partial charge in [-0.2, -0.15) is 0 Å². The van der Waals surface area contributed by atoms with Gasteiger partial charge < -0.3 is 9.32 Å². The number of nitrogens with zero attached hydrogens (tertiary/aromatic N) is 2. The molecule has 0 aliphatic carbocycles. The van der Waals surface area contributed by atoms with Crippen LogP contribution < -0.4 is 0 Å². The van der Waals surface area contributed by atoms with E-state index in [-0.39, 0.29) is 5.91 Å². The van der Waals surface area contributed by atoms with Gasteiger partial charge in [0.05, 0.1) is 24.3 Å². The highest BCUT2D eigenvalue weighted by Gasteiger charge is 2.18. The van der Waals surface area contributed by atoms with Crippen molar-refractivity contribution in [2.24, 2.45) is 0 Å². The van der Waals surface area contributed by atoms with E-state index in [1.165, 1.54) is 0 Å². The highest BCUT2D eigenvalue weighted by Crippen LogP contribution is 2.31. The number of aryl methyl sites for hydroxylation is 1. The first-order valence-corrected chi connectivity index (χ1v) is 11.8. The molecule has 0 fully saturated rings. The molecule has 0 radical (unpaired) electrons. The average molecular weight is 477 g/mol. The van der Waals surface area contributed by atoms with E-state index in [4.69, 9.17) is 27.6 Å². The maximum Gasteiger partial charge on any atom is 0.223 e. The standard InChI is InChI=1S/C22H18Cl2N2O2S2/c23-15-5-6-18(19(24)11-15)20-12-25-21(28-20)7-8-22(27)26(13-16-3-1-9-29-16)14-17-4-2-10-30-17/h1-6,9-12H,7-8,13-14H2. The summed E-state index contributed by atoms with van der Waals surface area (Å²) in [6, 6.07) is 13.3. The molecule has 3 aromatic heterocycles. The molecule has 1 amide bonds. The van der Waals surface area contributed by atoms with E-state index < -0.39 is 0 Å². The predicted molar refractivity (Wildman–Crippen MR) is 123 cm³/mol. The number of hydrogen-bond donors (Lipinski definition) is 0. The number of hydrogen-bond acceptors (Lipinski definition) is 5. The normalized spacial score (nSPS) is 11.0. The highest BCUT2D eigenvalue weighted by molar-refractivity contribution is 7.10. The fourth-order valence-corrected chi connectivity index (χ4v) is 4.97. The first-order valence-electron chi connectivity index (χ1n) is 9.31. The van der Waals surface area contributed by atoms with E-state index in [2.05, 4.69) is 17.1 Å². The number of oxazole rings is 1. The van der Waals surface area contributed by atoms with E-state index in [0.29, 0.717) is 47.6 Å². The molecule has 0 saturated heterocycles. The van der Waals surface area contributed by atoms with Gasteiger partial charge in [0.25, 0.3) is 0 Å². The van der Waals surface area contributed by atoms with Crippen LogP contribution >= 0.6 is 45.9 Å². The fourth-order valence-electron chi connectivity index (χ4n) is 3.03. The van der Waals surface area contributed by atoms with Gasteiger partial charge >= 0.3 is 0 Å². The third-order valence-electron chi connectivity index (χ3n) is 4.51. The van der Waals surface area contributed by atoms with Crippen molar-refractivity contribution in [2.45, 2.75) is 25.9 Å². The fraction of sp³-hybridized carbons (Fsp3) is 0.182. The number of thiophene rings is 2. The molecule has 0 N–H and O–H groups in total. The lowest BCUT2D eigenvalue weighted by Crippen LogP contribution is -2.29. The van der Waals surface area contributed by atoms with Crippen molar-refractivity contribution in [3.8, 4) is 11.3 Å². The Hall–Kier alpha value is -2.12. The molecule has 154 valence electrons. The third-order valence-corrected chi connectivity index (χ3v) is 6.78. The summed E-state index contributed by atoms with van der Waals surface area (Å²) in [4.78, 5) is 21.5. The molecule has 4 aromatic rings. The second kappa shape index (κ2) is 9.79. The predicted octanol–water partition coefficient (Wildman–Crippen LogP) is 6.93. The van der Waals surface area contributed by atoms with Crippen molar-refractivity contribution < 1.29 is 9.21 Å². The number of amides is 1. The molecular weight excluding hydrogens is 459 g/mol. The highest BCUT2D eigenvalue weighted by atomic mass is 35.5. The Morgan fingerprint density at radius 1 is 1.03 bits per heavy atom. The lowest BCUT2D eigenvalue weighted by Gasteiger charge is -2.21. The molecule has 8 heteroatoms. The maximum absolute atomic E-state index is 13.0. The minimum absolute atomic E-state index is 0.0704. The summed E-state index contributed by atoms with van der Waals surface area (Å²) in [5.41, 5.74) is 0.725. The second-order valence-corrected chi connectivity index (χ2v) is 9.56. The lowest BCUT2D eigenvalue weighted by atomic mass is 10.2. The first-order chi connectivity index (χ1) is 14.6. The zero-order valence-electron chi connectivity index (χ0n) is 15.9. The van der Waals surface area contributed by atoms with Crippen molar-refractivity contribution in [3.63, 3.8) is 0 Å². The van der Waals surface area contributed by atoms with Crippen molar-refractivity contribution in [1.82, 2.24) is 9.88 Å². The Morgan fingerprint density at radius 2 is 1.73 bits per heavy atom. The van der Waals surface area contributed by atoms with Gasteiger partial charge in [0.1, 0.15) is 0 Å². The van der Waals surface area contributed by atoms with Gasteiger partial charge in [-0.3, -0.25) is 4.79 Å². The number of aromatic nitrogens is 1. The Kier molecular flexibility index (Phi) is 6.89. The Balaban J connectivity index is 1.42. The van der Waals surface area contributed by atoms with Crippen LogP contribution in [0.25, 0.3) is 11.3 Å². The molecule has 0 aliphatic rings. The van der Waals surface area contributed by atoms with Crippen molar-refractivity contribution >= 4 is 51.8 Å². The number of carbonyl (C=O) groups excluding carboxylic acids is 1. The third kappa shape index (κ3) is 5.32. The van der Waals surface area contributed by atoms with Crippen molar-refractivity contribution in [1.29, 1.82) is 0 Å². The summed E-state index contributed by atoms with van der Waals surface area (Å²) in [7, 11) is 0. The van der Waals surface area contributed by atoms with Crippen LogP contribution in [0.5, 0.6) is 0 Å². The molecule has 4 nitrogen and oxygen atoms in total. The van der Waals surface area contributed by atoms with E-state index in [9.17, 15) is 4.79 Å². The molecule has 0 saturated carbocycles. The van der Waals surface area contributed by atoms with Crippen LogP contribution in [0.15, 0.2) is 63.8 Å². The van der Waals surface area contributed by atoms with Gasteiger partial charge in [0.2, 0.25) is 5.91 Å². The molecular formula is C22H18Cl2N2O2S2. The molecule has 0 unspecified atom stereocenters. The molecule has 4 rings (SSSR count). The first kappa shape index (κ1) is 21.1. The summed E-state index contributed by atoms with van der Waals surface area (Å²) in [5.74, 6) is 1.14. The van der Waals surface area contributed by atoms with E-state index >= 15 is 0 Å². The number of benzene rings is 1. The second-order valence-electron chi connectivity index (χ2n) is 6.65. The smallest absolute Gasteiger partial charge is 0.223 e. The quantitative estimate of drug-likeness (QED) is 0.276. The minimum Gasteiger partial charge on any atom is -0.441 e. The van der Waals surface area contributed by atoms with Crippen LogP contribution in [0.1, 0.15) is 22.1 Å². The zero-order chi connectivity index (χ0) is 20.9. The molecule has 1 aromatic carbocycles. The topological polar surface area (TPSA) is 46.3 Å². The monoisotopic (exact) mass is 476 g/mol. The molecule has 30 heavy (non-hydrogen) atoms. The Morgan fingerprint density at radius 3 is 2.33 bits per heavy atom. The summed E-state index contributed by atoms with van der Waals surface area (Å²) >= 11 is 15.5. The van der Waals surface area contributed by atoms with Crippen LogP contribution in [0.2, 0.25) is 10.0 Å². The van der Waals surface area contributed by atoms with Gasteiger partial charge in [-0.05, 0) is 41.1 Å². The van der Waals surface area contributed by atoms with Gasteiger partial charge in [-0.15, -0.1) is 22.7 Å². The molecule has 0 atom stereocenters. The van der Waals surface area contributed by atoms with Crippen molar-refractivity contribution in [2.75, 3.05) is 0 Å². The van der Waals surface area contributed by atoms with Gasteiger partial charge in [-0.25, -0.2) is 4.98 Å². The van der Waals surface area contributed by atoms with Crippen LogP contribution in [-0.4, -0.2) is 15.8 Å².